The van der Waals surface area contributed by atoms with Crippen molar-refractivity contribution in [2.24, 2.45) is 5.92 Å². The Morgan fingerprint density at radius 2 is 1.97 bits per heavy atom. The molecule has 2 amide bonds. The standard InChI is InChI=1S/C24H35N3O4/c1-18-8-10-24(11-9-18)27(23(29)19-6-5-7-20(16-19)30-2)21(17-31-24)22(28)25-12-15-26-13-3-4-14-26/h5-7,16,18,21H,3-4,8-15,17H2,1-2H3,(H,25,28). The van der Waals surface area contributed by atoms with Crippen molar-refractivity contribution in [1.29, 1.82) is 0 Å². The summed E-state index contributed by atoms with van der Waals surface area (Å²) in [6.45, 7) is 6.14. The van der Waals surface area contributed by atoms with Crippen LogP contribution in [-0.4, -0.2) is 73.3 Å². The zero-order valence-corrected chi connectivity index (χ0v) is 18.8. The van der Waals surface area contributed by atoms with Gasteiger partial charge in [0, 0.05) is 18.7 Å². The van der Waals surface area contributed by atoms with E-state index in [4.69, 9.17) is 9.47 Å². The van der Waals surface area contributed by atoms with Crippen LogP contribution in [0.5, 0.6) is 5.75 Å². The number of likely N-dealkylation sites (tertiary alicyclic amines) is 1. The number of carbonyl (C=O) groups excluding carboxylic acids is 2. The molecule has 2 aliphatic heterocycles. The van der Waals surface area contributed by atoms with Crippen molar-refractivity contribution in [3.05, 3.63) is 29.8 Å². The molecule has 1 aliphatic carbocycles. The molecule has 3 aliphatic rings. The van der Waals surface area contributed by atoms with E-state index in [-0.39, 0.29) is 18.4 Å². The van der Waals surface area contributed by atoms with Crippen molar-refractivity contribution in [3.8, 4) is 5.75 Å². The summed E-state index contributed by atoms with van der Waals surface area (Å²) >= 11 is 0. The van der Waals surface area contributed by atoms with Crippen LogP contribution < -0.4 is 10.1 Å². The fraction of sp³-hybridized carbons (Fsp3) is 0.667. The number of carbonyl (C=O) groups is 2. The van der Waals surface area contributed by atoms with Gasteiger partial charge in [0.05, 0.1) is 13.7 Å². The van der Waals surface area contributed by atoms with E-state index in [1.54, 1.807) is 24.1 Å². The number of methoxy groups -OCH3 is 1. The molecule has 1 spiro atoms. The van der Waals surface area contributed by atoms with E-state index in [1.807, 2.05) is 12.1 Å². The normalized spacial score (nSPS) is 28.8. The predicted octanol–water partition coefficient (Wildman–Crippen LogP) is 2.65. The number of nitrogens with one attached hydrogen (secondary N) is 1. The number of ether oxygens (including phenoxy) is 2. The lowest BCUT2D eigenvalue weighted by Crippen LogP contribution is -2.57. The van der Waals surface area contributed by atoms with Crippen LogP contribution in [0.25, 0.3) is 0 Å². The van der Waals surface area contributed by atoms with Crippen LogP contribution in [0.1, 0.15) is 55.8 Å². The Bertz CT molecular complexity index is 785. The van der Waals surface area contributed by atoms with E-state index in [1.165, 1.54) is 12.8 Å². The maximum absolute atomic E-state index is 13.7. The second-order valence-electron chi connectivity index (χ2n) is 9.20. The molecule has 31 heavy (non-hydrogen) atoms. The van der Waals surface area contributed by atoms with Crippen molar-refractivity contribution in [3.63, 3.8) is 0 Å². The smallest absolute Gasteiger partial charge is 0.257 e. The van der Waals surface area contributed by atoms with E-state index in [0.29, 0.717) is 23.8 Å². The lowest BCUT2D eigenvalue weighted by atomic mass is 9.83. The van der Waals surface area contributed by atoms with Gasteiger partial charge in [-0.15, -0.1) is 0 Å². The number of hydrogen-bond acceptors (Lipinski definition) is 5. The van der Waals surface area contributed by atoms with E-state index >= 15 is 0 Å². The first-order valence-electron chi connectivity index (χ1n) is 11.6. The summed E-state index contributed by atoms with van der Waals surface area (Å²) < 4.78 is 11.6. The van der Waals surface area contributed by atoms with Crippen molar-refractivity contribution < 1.29 is 19.1 Å². The summed E-state index contributed by atoms with van der Waals surface area (Å²) in [5.41, 5.74) is -0.165. The molecule has 1 aromatic rings. The van der Waals surface area contributed by atoms with Gasteiger partial charge in [0.15, 0.2) is 0 Å². The average Bonchev–Trinajstić information content (AvgIpc) is 3.44. The van der Waals surface area contributed by atoms with Crippen LogP contribution in [0.2, 0.25) is 0 Å². The van der Waals surface area contributed by atoms with Gasteiger partial charge in [-0.25, -0.2) is 0 Å². The summed E-state index contributed by atoms with van der Waals surface area (Å²) in [7, 11) is 1.59. The Hall–Kier alpha value is -2.12. The fourth-order valence-electron chi connectivity index (χ4n) is 5.14. The lowest BCUT2D eigenvalue weighted by Gasteiger charge is -2.43. The molecule has 0 aromatic heterocycles. The molecule has 0 bridgehead atoms. The van der Waals surface area contributed by atoms with Gasteiger partial charge in [-0.1, -0.05) is 13.0 Å². The minimum atomic E-state index is -0.691. The van der Waals surface area contributed by atoms with Gasteiger partial charge in [0.2, 0.25) is 5.91 Å². The van der Waals surface area contributed by atoms with Crippen molar-refractivity contribution in [2.45, 2.75) is 57.2 Å². The number of rotatable bonds is 6. The third-order valence-electron chi connectivity index (χ3n) is 7.08. The largest absolute Gasteiger partial charge is 0.497 e. The molecular formula is C24H35N3O4. The maximum Gasteiger partial charge on any atom is 0.257 e. The molecule has 1 atom stereocenters. The van der Waals surface area contributed by atoms with E-state index < -0.39 is 11.8 Å². The predicted molar refractivity (Wildman–Crippen MR) is 118 cm³/mol. The first-order valence-corrected chi connectivity index (χ1v) is 11.6. The summed E-state index contributed by atoms with van der Waals surface area (Å²) in [4.78, 5) is 30.9. The SMILES string of the molecule is COc1cccc(C(=O)N2C(C(=O)NCCN3CCCC3)COC23CCC(C)CC3)c1. The zero-order chi connectivity index (χ0) is 21.8. The molecule has 1 unspecified atom stereocenters. The van der Waals surface area contributed by atoms with Crippen LogP contribution in [0.4, 0.5) is 0 Å². The van der Waals surface area contributed by atoms with E-state index in [2.05, 4.69) is 17.1 Å². The number of amides is 2. The Morgan fingerprint density at radius 1 is 1.23 bits per heavy atom. The van der Waals surface area contributed by atoms with Gasteiger partial charge in [-0.2, -0.15) is 0 Å². The highest BCUT2D eigenvalue weighted by Gasteiger charge is 2.53. The van der Waals surface area contributed by atoms with Crippen molar-refractivity contribution in [1.82, 2.24) is 15.1 Å². The molecule has 0 radical (unpaired) electrons. The molecule has 4 rings (SSSR count). The molecule has 1 saturated carbocycles. The third kappa shape index (κ3) is 4.72. The lowest BCUT2D eigenvalue weighted by molar-refractivity contribution is -0.127. The number of benzene rings is 1. The van der Waals surface area contributed by atoms with Crippen LogP contribution >= 0.6 is 0 Å². The maximum atomic E-state index is 13.7. The molecule has 2 heterocycles. The molecule has 1 aromatic carbocycles. The monoisotopic (exact) mass is 429 g/mol. The summed E-state index contributed by atoms with van der Waals surface area (Å²) in [6, 6.07) is 6.54. The molecule has 7 nitrogen and oxygen atoms in total. The molecular weight excluding hydrogens is 394 g/mol. The van der Waals surface area contributed by atoms with Gasteiger partial charge in [-0.3, -0.25) is 14.5 Å². The topological polar surface area (TPSA) is 71.1 Å². The quantitative estimate of drug-likeness (QED) is 0.753. The highest BCUT2D eigenvalue weighted by molar-refractivity contribution is 5.98. The van der Waals surface area contributed by atoms with Crippen molar-refractivity contribution >= 4 is 11.8 Å². The first-order chi connectivity index (χ1) is 15.0. The Labute approximate surface area is 185 Å². The van der Waals surface area contributed by atoms with Gasteiger partial charge in [-0.05, 0) is 75.7 Å². The summed E-state index contributed by atoms with van der Waals surface area (Å²) in [5, 5.41) is 3.06. The minimum absolute atomic E-state index is 0.120. The summed E-state index contributed by atoms with van der Waals surface area (Å²) in [6.07, 6.45) is 5.97. The molecule has 2 saturated heterocycles. The van der Waals surface area contributed by atoms with Crippen LogP contribution in [0, 0.1) is 5.92 Å². The molecule has 7 heteroatoms. The number of nitrogens with zero attached hydrogens (tertiary/aromatic N) is 2. The summed E-state index contributed by atoms with van der Waals surface area (Å²) in [5.74, 6) is 0.955. The van der Waals surface area contributed by atoms with E-state index in [0.717, 1.165) is 45.3 Å². The Morgan fingerprint density at radius 3 is 2.68 bits per heavy atom. The molecule has 1 N–H and O–H groups in total. The van der Waals surface area contributed by atoms with Gasteiger partial charge in [0.1, 0.15) is 17.5 Å². The average molecular weight is 430 g/mol. The van der Waals surface area contributed by atoms with Gasteiger partial charge < -0.3 is 19.7 Å². The van der Waals surface area contributed by atoms with Crippen LogP contribution in [-0.2, 0) is 9.53 Å². The van der Waals surface area contributed by atoms with Crippen LogP contribution in [0.3, 0.4) is 0 Å². The zero-order valence-electron chi connectivity index (χ0n) is 18.8. The second kappa shape index (κ2) is 9.57. The van der Waals surface area contributed by atoms with Gasteiger partial charge >= 0.3 is 0 Å². The highest BCUT2D eigenvalue weighted by atomic mass is 16.5. The first kappa shape index (κ1) is 22.1. The minimum Gasteiger partial charge on any atom is -0.497 e. The fourth-order valence-corrected chi connectivity index (χ4v) is 5.14. The van der Waals surface area contributed by atoms with Crippen LogP contribution in [0.15, 0.2) is 24.3 Å². The second-order valence-corrected chi connectivity index (χ2v) is 9.20. The molecule has 3 fully saturated rings. The molecule has 170 valence electrons. The third-order valence-corrected chi connectivity index (χ3v) is 7.08. The Balaban J connectivity index is 1.52. The highest BCUT2D eigenvalue weighted by Crippen LogP contribution is 2.43. The van der Waals surface area contributed by atoms with E-state index in [9.17, 15) is 9.59 Å². The van der Waals surface area contributed by atoms with Gasteiger partial charge in [0.25, 0.3) is 5.91 Å². The number of hydrogen-bond donors (Lipinski definition) is 1. The van der Waals surface area contributed by atoms with Crippen molar-refractivity contribution in [2.75, 3.05) is 39.9 Å². The Kier molecular flexibility index (Phi) is 6.82.